The van der Waals surface area contributed by atoms with Crippen LogP contribution in [0.1, 0.15) is 29.2 Å². The van der Waals surface area contributed by atoms with Crippen molar-refractivity contribution < 1.29 is 14.3 Å². The summed E-state index contributed by atoms with van der Waals surface area (Å²) < 4.78 is 11.9. The molecule has 2 heterocycles. The Morgan fingerprint density at radius 2 is 2.03 bits per heavy atom. The van der Waals surface area contributed by atoms with Gasteiger partial charge in [0.05, 0.1) is 19.1 Å². The predicted molar refractivity (Wildman–Crippen MR) is 115 cm³/mol. The van der Waals surface area contributed by atoms with Gasteiger partial charge < -0.3 is 15.2 Å². The lowest BCUT2D eigenvalue weighted by atomic mass is 10.0. The van der Waals surface area contributed by atoms with E-state index in [1.165, 1.54) is 15.9 Å². The van der Waals surface area contributed by atoms with Crippen LogP contribution in [-0.2, 0) is 16.0 Å². The van der Waals surface area contributed by atoms with Gasteiger partial charge in [-0.2, -0.15) is 0 Å². The smallest absolute Gasteiger partial charge is 0.263 e. The van der Waals surface area contributed by atoms with Crippen LogP contribution < -0.4 is 16.0 Å². The summed E-state index contributed by atoms with van der Waals surface area (Å²) >= 11 is 1.47. The van der Waals surface area contributed by atoms with Crippen molar-refractivity contribution in [2.75, 3.05) is 20.8 Å². The third kappa shape index (κ3) is 3.77. The van der Waals surface area contributed by atoms with E-state index in [1.807, 2.05) is 32.0 Å². The van der Waals surface area contributed by atoms with Gasteiger partial charge in [-0.15, -0.1) is 11.3 Å². The molecule has 2 N–H and O–H groups in total. The number of carbonyl (C=O) groups is 1. The number of methoxy groups -OCH3 is 2. The van der Waals surface area contributed by atoms with Crippen LogP contribution in [0.25, 0.3) is 21.3 Å². The molecule has 0 aliphatic rings. The molecule has 3 aromatic rings. The molecule has 0 aliphatic heterocycles. The maximum atomic E-state index is 13.5. The second-order valence-corrected chi connectivity index (χ2v) is 8.13. The van der Waals surface area contributed by atoms with E-state index in [1.54, 1.807) is 21.1 Å². The minimum absolute atomic E-state index is 0.264. The van der Waals surface area contributed by atoms with Crippen molar-refractivity contribution in [3.63, 3.8) is 0 Å². The van der Waals surface area contributed by atoms with Gasteiger partial charge in [-0.05, 0) is 44.0 Å². The molecule has 154 valence electrons. The number of hydrogen-bond acceptors (Lipinski definition) is 6. The highest BCUT2D eigenvalue weighted by Crippen LogP contribution is 2.37. The Hall–Kier alpha value is -2.71. The van der Waals surface area contributed by atoms with Crippen molar-refractivity contribution in [2.45, 2.75) is 33.2 Å². The van der Waals surface area contributed by atoms with Crippen LogP contribution in [-0.4, -0.2) is 36.3 Å². The highest BCUT2D eigenvalue weighted by atomic mass is 32.1. The summed E-state index contributed by atoms with van der Waals surface area (Å²) in [6, 6.07) is 5.00. The molecule has 1 aromatic carbocycles. The first-order valence-electron chi connectivity index (χ1n) is 9.27. The minimum Gasteiger partial charge on any atom is -0.496 e. The third-order valence-electron chi connectivity index (χ3n) is 5.02. The van der Waals surface area contributed by atoms with Gasteiger partial charge in [0.1, 0.15) is 22.4 Å². The summed E-state index contributed by atoms with van der Waals surface area (Å²) in [6.45, 7) is 5.93. The average Bonchev–Trinajstić information content (AvgIpc) is 3.01. The number of aromatic nitrogens is 2. The number of carbonyl (C=O) groups excluding carboxylic acids is 1. The fraction of sp³-hybridized carbons (Fsp3) is 0.381. The molecule has 0 radical (unpaired) electrons. The van der Waals surface area contributed by atoms with E-state index < -0.39 is 11.9 Å². The van der Waals surface area contributed by atoms with Gasteiger partial charge in [-0.3, -0.25) is 14.2 Å². The molecule has 0 aliphatic carbocycles. The van der Waals surface area contributed by atoms with Crippen LogP contribution in [0, 0.1) is 13.8 Å². The Balaban J connectivity index is 2.32. The zero-order valence-corrected chi connectivity index (χ0v) is 18.1. The Kier molecular flexibility index (Phi) is 6.04. The van der Waals surface area contributed by atoms with Gasteiger partial charge in [0.15, 0.2) is 0 Å². The van der Waals surface area contributed by atoms with Crippen LogP contribution in [0.2, 0.25) is 0 Å². The normalized spacial score (nSPS) is 12.3. The number of primary amides is 1. The van der Waals surface area contributed by atoms with Gasteiger partial charge in [-0.25, -0.2) is 4.98 Å². The molecule has 0 bridgehead atoms. The summed E-state index contributed by atoms with van der Waals surface area (Å²) in [4.78, 5) is 31.8. The van der Waals surface area contributed by atoms with Crippen LogP contribution in [0.3, 0.4) is 0 Å². The van der Waals surface area contributed by atoms with Crippen LogP contribution in [0.4, 0.5) is 0 Å². The predicted octanol–water partition coefficient (Wildman–Crippen LogP) is 2.99. The Morgan fingerprint density at radius 1 is 1.31 bits per heavy atom. The Morgan fingerprint density at radius 3 is 2.62 bits per heavy atom. The quantitative estimate of drug-likeness (QED) is 0.640. The lowest BCUT2D eigenvalue weighted by Crippen LogP contribution is -2.35. The monoisotopic (exact) mass is 415 g/mol. The number of thiophene rings is 1. The fourth-order valence-corrected chi connectivity index (χ4v) is 4.55. The minimum atomic E-state index is -0.808. The Labute approximate surface area is 173 Å². The number of amides is 1. The van der Waals surface area contributed by atoms with Crippen molar-refractivity contribution in [3.8, 4) is 16.9 Å². The molecule has 2 aromatic heterocycles. The van der Waals surface area contributed by atoms with Crippen molar-refractivity contribution in [3.05, 3.63) is 44.8 Å². The number of fused-ring (bicyclic) bond motifs is 1. The molecular weight excluding hydrogens is 390 g/mol. The zero-order chi connectivity index (χ0) is 21.3. The number of aryl methyl sites for hydroxylation is 2. The zero-order valence-electron chi connectivity index (χ0n) is 17.2. The van der Waals surface area contributed by atoms with Crippen LogP contribution in [0.5, 0.6) is 5.75 Å². The second-order valence-electron chi connectivity index (χ2n) is 6.92. The van der Waals surface area contributed by atoms with Crippen LogP contribution in [0.15, 0.2) is 23.0 Å². The molecule has 29 heavy (non-hydrogen) atoms. The Bertz CT molecular complexity index is 1130. The van der Waals surface area contributed by atoms with E-state index in [4.69, 9.17) is 20.2 Å². The fourth-order valence-electron chi connectivity index (χ4n) is 3.49. The largest absolute Gasteiger partial charge is 0.496 e. The standard InChI is InChI=1S/C21H25N3O4S/c1-11-10-14(6-7-15(11)28-5)17-13(3)29-20-18(17)21(26)24(12(2)19(22)25)16(23-20)8-9-27-4/h6-7,10,12H,8-9H2,1-5H3,(H2,22,25). The summed E-state index contributed by atoms with van der Waals surface area (Å²) in [5.41, 5.74) is 7.97. The summed E-state index contributed by atoms with van der Waals surface area (Å²) in [5, 5.41) is 0.506. The third-order valence-corrected chi connectivity index (χ3v) is 6.02. The number of rotatable bonds is 7. The summed E-state index contributed by atoms with van der Waals surface area (Å²) in [6.07, 6.45) is 0.410. The number of hydrogen-bond donors (Lipinski definition) is 1. The molecule has 0 saturated heterocycles. The molecule has 0 fully saturated rings. The number of nitrogens with two attached hydrogens (primary N) is 1. The highest BCUT2D eigenvalue weighted by molar-refractivity contribution is 7.19. The van der Waals surface area contributed by atoms with Gasteiger partial charge in [0, 0.05) is 24.0 Å². The van der Waals surface area contributed by atoms with E-state index in [-0.39, 0.29) is 5.56 Å². The first-order chi connectivity index (χ1) is 13.8. The highest BCUT2D eigenvalue weighted by Gasteiger charge is 2.24. The first kappa shape index (κ1) is 21.0. The van der Waals surface area contributed by atoms with Crippen molar-refractivity contribution >= 4 is 27.5 Å². The molecule has 0 saturated carbocycles. The summed E-state index contributed by atoms with van der Waals surface area (Å²) in [7, 11) is 3.21. The maximum Gasteiger partial charge on any atom is 0.263 e. The molecule has 0 spiro atoms. The lowest BCUT2D eigenvalue weighted by Gasteiger charge is -2.17. The van der Waals surface area contributed by atoms with E-state index in [0.717, 1.165) is 27.3 Å². The number of nitrogens with zero attached hydrogens (tertiary/aromatic N) is 2. The SMILES string of the molecule is COCCc1nc2sc(C)c(-c3ccc(OC)c(C)c3)c2c(=O)n1C(C)C(N)=O. The molecule has 7 nitrogen and oxygen atoms in total. The molecule has 1 atom stereocenters. The van der Waals surface area contributed by atoms with E-state index in [9.17, 15) is 9.59 Å². The molecule has 3 rings (SSSR count). The molecule has 1 unspecified atom stereocenters. The number of ether oxygens (including phenoxy) is 2. The molecule has 8 heteroatoms. The van der Waals surface area contributed by atoms with Crippen molar-refractivity contribution in [1.29, 1.82) is 0 Å². The maximum absolute atomic E-state index is 13.5. The topological polar surface area (TPSA) is 96.4 Å². The summed E-state index contributed by atoms with van der Waals surface area (Å²) in [5.74, 6) is 0.695. The molecular formula is C21H25N3O4S. The number of benzene rings is 1. The van der Waals surface area contributed by atoms with Crippen LogP contribution >= 0.6 is 11.3 Å². The van der Waals surface area contributed by atoms with Gasteiger partial charge in [0.25, 0.3) is 5.56 Å². The lowest BCUT2D eigenvalue weighted by molar-refractivity contribution is -0.120. The van der Waals surface area contributed by atoms with Crippen molar-refractivity contribution in [1.82, 2.24) is 9.55 Å². The molecule has 1 amide bonds. The second kappa shape index (κ2) is 8.34. The van der Waals surface area contributed by atoms with E-state index in [0.29, 0.717) is 29.1 Å². The van der Waals surface area contributed by atoms with E-state index >= 15 is 0 Å². The van der Waals surface area contributed by atoms with Gasteiger partial charge in [0.2, 0.25) is 5.91 Å². The van der Waals surface area contributed by atoms with Gasteiger partial charge in [-0.1, -0.05) is 6.07 Å². The average molecular weight is 416 g/mol. The van der Waals surface area contributed by atoms with Crippen molar-refractivity contribution in [2.24, 2.45) is 5.73 Å². The van der Waals surface area contributed by atoms with Gasteiger partial charge >= 0.3 is 0 Å². The first-order valence-corrected chi connectivity index (χ1v) is 10.1. The van der Waals surface area contributed by atoms with E-state index in [2.05, 4.69) is 0 Å².